The quantitative estimate of drug-likeness (QED) is 0.814. The molecule has 0 aliphatic carbocycles. The predicted molar refractivity (Wildman–Crippen MR) is 80.8 cm³/mol. The smallest absolute Gasteiger partial charge is 0.239 e. The molecule has 1 aromatic rings. The minimum atomic E-state index is 0.455. The first-order chi connectivity index (χ1) is 8.90. The van der Waals surface area contributed by atoms with E-state index in [2.05, 4.69) is 42.7 Å². The molecule has 0 unspecified atom stereocenters. The Morgan fingerprint density at radius 2 is 1.89 bits per heavy atom. The highest BCUT2D eigenvalue weighted by Crippen LogP contribution is 2.23. The van der Waals surface area contributed by atoms with Gasteiger partial charge in [-0.1, -0.05) is 13.8 Å². The fraction of sp³-hybridized carbons (Fsp3) is 0.643. The third-order valence-electron chi connectivity index (χ3n) is 2.70. The van der Waals surface area contributed by atoms with Gasteiger partial charge in [0.05, 0.1) is 12.3 Å². The molecule has 5 heteroatoms. The van der Waals surface area contributed by atoms with Gasteiger partial charge in [0.25, 0.3) is 0 Å². The van der Waals surface area contributed by atoms with Crippen molar-refractivity contribution in [1.82, 2.24) is 9.88 Å². The zero-order valence-corrected chi connectivity index (χ0v) is 12.7. The van der Waals surface area contributed by atoms with E-state index in [9.17, 15) is 0 Å². The summed E-state index contributed by atoms with van der Waals surface area (Å²) in [4.78, 5) is 8.72. The average Bonchev–Trinajstić information content (AvgIpc) is 2.34. The van der Waals surface area contributed by atoms with E-state index in [4.69, 9.17) is 10.5 Å². The van der Waals surface area contributed by atoms with Gasteiger partial charge in [0.1, 0.15) is 5.82 Å². The van der Waals surface area contributed by atoms with E-state index in [0.717, 1.165) is 18.9 Å². The van der Waals surface area contributed by atoms with Crippen LogP contribution in [0.1, 0.15) is 13.8 Å². The molecule has 1 aromatic heterocycles. The van der Waals surface area contributed by atoms with Crippen LogP contribution >= 0.6 is 0 Å². The molecule has 0 amide bonds. The van der Waals surface area contributed by atoms with Crippen LogP contribution < -0.4 is 15.4 Å². The Labute approximate surface area is 116 Å². The number of hydrogen-bond donors (Lipinski definition) is 1. The number of nitrogen functional groups attached to an aromatic ring is 1. The summed E-state index contributed by atoms with van der Waals surface area (Å²) < 4.78 is 5.64. The van der Waals surface area contributed by atoms with Gasteiger partial charge in [0.15, 0.2) is 0 Å². The van der Waals surface area contributed by atoms with Gasteiger partial charge < -0.3 is 20.3 Å². The molecule has 0 bridgehead atoms. The number of aromatic nitrogens is 1. The van der Waals surface area contributed by atoms with Gasteiger partial charge in [0, 0.05) is 20.1 Å². The summed E-state index contributed by atoms with van der Waals surface area (Å²) in [7, 11) is 6.14. The average molecular weight is 266 g/mol. The molecule has 1 rings (SSSR count). The van der Waals surface area contributed by atoms with Crippen molar-refractivity contribution in [2.75, 3.05) is 51.5 Å². The SMILES string of the molecule is CC(C)COc1nc(N(C)CCN(C)C)ccc1N. The lowest BCUT2D eigenvalue weighted by Gasteiger charge is -2.21. The van der Waals surface area contributed by atoms with E-state index in [1.54, 1.807) is 0 Å². The summed E-state index contributed by atoms with van der Waals surface area (Å²) in [5, 5.41) is 0. The number of hydrogen-bond acceptors (Lipinski definition) is 5. The van der Waals surface area contributed by atoms with Crippen molar-refractivity contribution in [3.63, 3.8) is 0 Å². The highest BCUT2D eigenvalue weighted by Gasteiger charge is 2.09. The highest BCUT2D eigenvalue weighted by molar-refractivity contribution is 5.54. The Balaban J connectivity index is 2.71. The van der Waals surface area contributed by atoms with Crippen LogP contribution in [0.5, 0.6) is 5.88 Å². The molecule has 0 fully saturated rings. The van der Waals surface area contributed by atoms with E-state index < -0.39 is 0 Å². The summed E-state index contributed by atoms with van der Waals surface area (Å²) >= 11 is 0. The molecule has 5 nitrogen and oxygen atoms in total. The van der Waals surface area contributed by atoms with E-state index >= 15 is 0 Å². The van der Waals surface area contributed by atoms with Crippen LogP contribution in [-0.4, -0.2) is 50.7 Å². The largest absolute Gasteiger partial charge is 0.476 e. The fourth-order valence-electron chi connectivity index (χ4n) is 1.48. The first kappa shape index (κ1) is 15.6. The van der Waals surface area contributed by atoms with Gasteiger partial charge in [-0.2, -0.15) is 4.98 Å². The third kappa shape index (κ3) is 5.34. The van der Waals surface area contributed by atoms with E-state index in [1.165, 1.54) is 0 Å². The lowest BCUT2D eigenvalue weighted by molar-refractivity contribution is 0.263. The van der Waals surface area contributed by atoms with Crippen molar-refractivity contribution < 1.29 is 4.74 Å². The van der Waals surface area contributed by atoms with Gasteiger partial charge in [0.2, 0.25) is 5.88 Å². The zero-order valence-electron chi connectivity index (χ0n) is 12.7. The minimum Gasteiger partial charge on any atom is -0.476 e. The maximum Gasteiger partial charge on any atom is 0.239 e. The van der Waals surface area contributed by atoms with Gasteiger partial charge >= 0.3 is 0 Å². The van der Waals surface area contributed by atoms with Crippen molar-refractivity contribution in [2.24, 2.45) is 5.92 Å². The molecular weight excluding hydrogens is 240 g/mol. The Hall–Kier alpha value is -1.49. The van der Waals surface area contributed by atoms with Gasteiger partial charge in [-0.05, 0) is 32.1 Å². The Morgan fingerprint density at radius 3 is 2.47 bits per heavy atom. The molecule has 0 aromatic carbocycles. The molecule has 19 heavy (non-hydrogen) atoms. The maximum absolute atomic E-state index is 5.88. The van der Waals surface area contributed by atoms with Gasteiger partial charge in [-0.3, -0.25) is 0 Å². The first-order valence-corrected chi connectivity index (χ1v) is 6.65. The second-order valence-corrected chi connectivity index (χ2v) is 5.49. The maximum atomic E-state index is 5.88. The lowest BCUT2D eigenvalue weighted by atomic mass is 10.2. The predicted octanol–water partition coefficient (Wildman–Crippen LogP) is 1.70. The molecule has 108 valence electrons. The summed E-state index contributed by atoms with van der Waals surface area (Å²) in [6.07, 6.45) is 0. The minimum absolute atomic E-state index is 0.455. The molecule has 1 heterocycles. The van der Waals surface area contributed by atoms with Crippen LogP contribution in [0.25, 0.3) is 0 Å². The van der Waals surface area contributed by atoms with Crippen LogP contribution in [0, 0.1) is 5.92 Å². The van der Waals surface area contributed by atoms with Crippen LogP contribution in [0.2, 0.25) is 0 Å². The number of rotatable bonds is 7. The Kier molecular flexibility index (Phi) is 5.89. The third-order valence-corrected chi connectivity index (χ3v) is 2.70. The van der Waals surface area contributed by atoms with Crippen LogP contribution in [-0.2, 0) is 0 Å². The van der Waals surface area contributed by atoms with Gasteiger partial charge in [-0.25, -0.2) is 0 Å². The standard InChI is InChI=1S/C14H26N4O/c1-11(2)10-19-14-12(15)6-7-13(16-14)18(5)9-8-17(3)4/h6-7,11H,8-10,15H2,1-5H3. The van der Waals surface area contributed by atoms with Crippen molar-refractivity contribution in [3.8, 4) is 5.88 Å². The van der Waals surface area contributed by atoms with Crippen LogP contribution in [0.15, 0.2) is 12.1 Å². The van der Waals surface area contributed by atoms with E-state index in [1.807, 2.05) is 19.2 Å². The molecule has 0 saturated heterocycles. The summed E-state index contributed by atoms with van der Waals surface area (Å²) in [5.41, 5.74) is 6.47. The van der Waals surface area contributed by atoms with Crippen LogP contribution in [0.4, 0.5) is 11.5 Å². The van der Waals surface area contributed by atoms with Crippen molar-refractivity contribution in [1.29, 1.82) is 0 Å². The molecule has 0 spiro atoms. The molecule has 0 aliphatic rings. The van der Waals surface area contributed by atoms with E-state index in [-0.39, 0.29) is 0 Å². The van der Waals surface area contributed by atoms with Gasteiger partial charge in [-0.15, -0.1) is 0 Å². The van der Waals surface area contributed by atoms with Crippen molar-refractivity contribution >= 4 is 11.5 Å². The number of anilines is 2. The first-order valence-electron chi connectivity index (χ1n) is 6.65. The fourth-order valence-corrected chi connectivity index (χ4v) is 1.48. The molecule has 0 saturated carbocycles. The number of ether oxygens (including phenoxy) is 1. The Morgan fingerprint density at radius 1 is 1.21 bits per heavy atom. The molecule has 0 aliphatic heterocycles. The summed E-state index contributed by atoms with van der Waals surface area (Å²) in [6.45, 7) is 6.72. The Bertz CT molecular complexity index is 393. The van der Waals surface area contributed by atoms with E-state index in [0.29, 0.717) is 24.1 Å². The normalized spacial score (nSPS) is 11.1. The van der Waals surface area contributed by atoms with Crippen LogP contribution in [0.3, 0.4) is 0 Å². The topological polar surface area (TPSA) is 54.6 Å². The number of nitrogens with zero attached hydrogens (tertiary/aromatic N) is 3. The molecule has 2 N–H and O–H groups in total. The number of nitrogens with two attached hydrogens (primary N) is 1. The molecule has 0 radical (unpaired) electrons. The van der Waals surface area contributed by atoms with Crippen molar-refractivity contribution in [3.05, 3.63) is 12.1 Å². The highest BCUT2D eigenvalue weighted by atomic mass is 16.5. The summed E-state index contributed by atoms with van der Waals surface area (Å²) in [6, 6.07) is 3.78. The second-order valence-electron chi connectivity index (χ2n) is 5.49. The number of pyridine rings is 1. The molecular formula is C14H26N4O. The van der Waals surface area contributed by atoms with Crippen molar-refractivity contribution in [2.45, 2.75) is 13.8 Å². The monoisotopic (exact) mass is 266 g/mol. The zero-order chi connectivity index (χ0) is 14.4. The molecule has 0 atom stereocenters. The number of likely N-dealkylation sites (N-methyl/N-ethyl adjacent to an activating group) is 2. The summed E-state index contributed by atoms with van der Waals surface area (Å²) in [5.74, 6) is 1.87. The second kappa shape index (κ2) is 7.19. The lowest BCUT2D eigenvalue weighted by Crippen LogP contribution is -2.29.